The number of urea groups is 1. The van der Waals surface area contributed by atoms with Gasteiger partial charge in [-0.15, -0.1) is 0 Å². The Balaban J connectivity index is 1.42. The quantitative estimate of drug-likeness (QED) is 0.214. The number of benzene rings is 3. The Morgan fingerprint density at radius 3 is 2.27 bits per heavy atom. The molecule has 10 nitrogen and oxygen atoms in total. The highest BCUT2D eigenvalue weighted by Gasteiger charge is 2.34. The van der Waals surface area contributed by atoms with E-state index in [0.29, 0.717) is 13.0 Å². The predicted molar refractivity (Wildman–Crippen MR) is 165 cm³/mol. The Morgan fingerprint density at radius 2 is 1.61 bits per heavy atom. The monoisotopic (exact) mass is 605 g/mol. The van der Waals surface area contributed by atoms with E-state index < -0.39 is 24.4 Å². The predicted octanol–water partition coefficient (Wildman–Crippen LogP) is 4.14. The van der Waals surface area contributed by atoms with E-state index in [0.717, 1.165) is 27.8 Å². The van der Waals surface area contributed by atoms with Gasteiger partial charge in [0.15, 0.2) is 6.29 Å². The first-order chi connectivity index (χ1) is 21.3. The molecular formula is C34H43N3O7. The zero-order chi connectivity index (χ0) is 31.5. The molecule has 2 amide bonds. The Hall–Kier alpha value is -3.80. The number of ether oxygens (including phenoxy) is 3. The zero-order valence-electron chi connectivity index (χ0n) is 25.5. The summed E-state index contributed by atoms with van der Waals surface area (Å²) in [6.45, 7) is 4.60. The SMILES string of the molecule is CCOC(=O)CNC(=O)NCc1ccc([C@@H]2O[C@H](CN(C)[C@H](C)[C@@H](O)c3ccccc3)C[C@H](c3ccc(CO)cc3)O2)cc1. The topological polar surface area (TPSA) is 130 Å². The van der Waals surface area contributed by atoms with E-state index in [1.165, 1.54) is 0 Å². The van der Waals surface area contributed by atoms with E-state index in [2.05, 4.69) is 15.5 Å². The minimum atomic E-state index is -0.646. The smallest absolute Gasteiger partial charge is 0.325 e. The summed E-state index contributed by atoms with van der Waals surface area (Å²) in [6, 6.07) is 24.4. The number of esters is 1. The summed E-state index contributed by atoms with van der Waals surface area (Å²) in [5.74, 6) is -0.492. The van der Waals surface area contributed by atoms with Crippen LogP contribution in [0.15, 0.2) is 78.9 Å². The van der Waals surface area contributed by atoms with E-state index in [-0.39, 0.29) is 44.6 Å². The second-order valence-electron chi connectivity index (χ2n) is 11.0. The van der Waals surface area contributed by atoms with E-state index in [1.807, 2.05) is 92.8 Å². The molecule has 1 heterocycles. The van der Waals surface area contributed by atoms with Gasteiger partial charge >= 0.3 is 12.0 Å². The number of hydrogen-bond donors (Lipinski definition) is 4. The number of nitrogens with zero attached hydrogens (tertiary/aromatic N) is 1. The van der Waals surface area contributed by atoms with Gasteiger partial charge < -0.3 is 35.1 Å². The van der Waals surface area contributed by atoms with Crippen LogP contribution < -0.4 is 10.6 Å². The van der Waals surface area contributed by atoms with Gasteiger partial charge in [0.2, 0.25) is 0 Å². The van der Waals surface area contributed by atoms with Crippen LogP contribution in [0.3, 0.4) is 0 Å². The van der Waals surface area contributed by atoms with Gasteiger partial charge in [-0.1, -0.05) is 78.9 Å². The minimum absolute atomic E-state index is 0.0269. The van der Waals surface area contributed by atoms with Gasteiger partial charge in [-0.25, -0.2) is 4.79 Å². The standard InChI is InChI=1S/C34H43N3O7/c1-4-42-31(39)20-36-34(41)35-19-24-10-16-28(17-11-24)33-43-29(18-30(44-33)26-14-12-25(22-38)13-15-26)21-37(3)23(2)32(40)27-8-6-5-7-9-27/h5-17,23,29-30,32-33,38,40H,4,18-22H2,1-3H3,(H2,35,36,41)/t23-,29+,30-,32-,33-/m1/s1. The third-order valence-corrected chi connectivity index (χ3v) is 7.80. The summed E-state index contributed by atoms with van der Waals surface area (Å²) < 4.78 is 17.7. The summed E-state index contributed by atoms with van der Waals surface area (Å²) in [5.41, 5.74) is 4.39. The van der Waals surface area contributed by atoms with Crippen LogP contribution in [0.5, 0.6) is 0 Å². The molecule has 3 aromatic carbocycles. The fourth-order valence-electron chi connectivity index (χ4n) is 5.09. The Labute approximate surface area is 258 Å². The maximum absolute atomic E-state index is 12.0. The fourth-order valence-corrected chi connectivity index (χ4v) is 5.09. The van der Waals surface area contributed by atoms with E-state index in [1.54, 1.807) is 6.92 Å². The average Bonchev–Trinajstić information content (AvgIpc) is 3.06. The summed E-state index contributed by atoms with van der Waals surface area (Å²) in [6.07, 6.45) is -1.08. The zero-order valence-corrected chi connectivity index (χ0v) is 25.5. The molecule has 0 spiro atoms. The molecule has 0 radical (unpaired) electrons. The van der Waals surface area contributed by atoms with Crippen molar-refractivity contribution in [2.45, 2.75) is 64.1 Å². The molecule has 236 valence electrons. The van der Waals surface area contributed by atoms with Gasteiger partial charge in [0.05, 0.1) is 31.5 Å². The number of likely N-dealkylation sites (N-methyl/N-ethyl adjacent to an activating group) is 1. The summed E-state index contributed by atoms with van der Waals surface area (Å²) in [5, 5.41) is 25.7. The molecule has 0 saturated carbocycles. The van der Waals surface area contributed by atoms with Crippen LogP contribution in [-0.4, -0.2) is 66.0 Å². The first kappa shape index (κ1) is 33.1. The van der Waals surface area contributed by atoms with Crippen LogP contribution in [0.25, 0.3) is 0 Å². The number of amides is 2. The van der Waals surface area contributed by atoms with Crippen molar-refractivity contribution < 1.29 is 34.0 Å². The largest absolute Gasteiger partial charge is 0.465 e. The lowest BCUT2D eigenvalue weighted by Gasteiger charge is -2.39. The van der Waals surface area contributed by atoms with Crippen molar-refractivity contribution in [1.82, 2.24) is 15.5 Å². The number of hydrogen-bond acceptors (Lipinski definition) is 8. The number of rotatable bonds is 13. The average molecular weight is 606 g/mol. The molecule has 3 aromatic rings. The van der Waals surface area contributed by atoms with Crippen molar-refractivity contribution in [2.75, 3.05) is 26.7 Å². The molecule has 4 rings (SSSR count). The fraction of sp³-hybridized carbons (Fsp3) is 0.412. The van der Waals surface area contributed by atoms with Gasteiger partial charge in [-0.3, -0.25) is 9.69 Å². The van der Waals surface area contributed by atoms with Crippen molar-refractivity contribution >= 4 is 12.0 Å². The first-order valence-corrected chi connectivity index (χ1v) is 15.0. The van der Waals surface area contributed by atoms with Crippen LogP contribution in [-0.2, 0) is 32.2 Å². The molecule has 1 fully saturated rings. The number of aliphatic hydroxyl groups is 2. The Bertz CT molecular complexity index is 1320. The van der Waals surface area contributed by atoms with Crippen LogP contribution in [0.1, 0.15) is 66.6 Å². The lowest BCUT2D eigenvalue weighted by molar-refractivity contribution is -0.253. The van der Waals surface area contributed by atoms with Gasteiger partial charge in [0.25, 0.3) is 0 Å². The second kappa shape index (κ2) is 16.3. The molecule has 0 unspecified atom stereocenters. The highest BCUT2D eigenvalue weighted by molar-refractivity contribution is 5.80. The number of aliphatic hydroxyl groups excluding tert-OH is 2. The highest BCUT2D eigenvalue weighted by Crippen LogP contribution is 2.38. The van der Waals surface area contributed by atoms with E-state index in [4.69, 9.17) is 14.2 Å². The van der Waals surface area contributed by atoms with Crippen molar-refractivity contribution in [1.29, 1.82) is 0 Å². The van der Waals surface area contributed by atoms with Gasteiger partial charge in [0.1, 0.15) is 6.54 Å². The first-order valence-electron chi connectivity index (χ1n) is 15.0. The van der Waals surface area contributed by atoms with Crippen LogP contribution in [0.2, 0.25) is 0 Å². The molecule has 44 heavy (non-hydrogen) atoms. The van der Waals surface area contributed by atoms with Crippen LogP contribution >= 0.6 is 0 Å². The molecule has 1 aliphatic heterocycles. The summed E-state index contributed by atoms with van der Waals surface area (Å²) in [4.78, 5) is 25.6. The third-order valence-electron chi connectivity index (χ3n) is 7.80. The third kappa shape index (κ3) is 9.35. The van der Waals surface area contributed by atoms with E-state index in [9.17, 15) is 19.8 Å². The van der Waals surface area contributed by atoms with Crippen molar-refractivity contribution in [2.24, 2.45) is 0 Å². The highest BCUT2D eigenvalue weighted by atomic mass is 16.7. The van der Waals surface area contributed by atoms with Gasteiger partial charge in [-0.05, 0) is 43.1 Å². The number of nitrogens with one attached hydrogen (secondary N) is 2. The molecule has 10 heteroatoms. The van der Waals surface area contributed by atoms with Crippen molar-refractivity contribution in [3.05, 3.63) is 107 Å². The second-order valence-corrected chi connectivity index (χ2v) is 11.0. The van der Waals surface area contributed by atoms with Gasteiger partial charge in [0, 0.05) is 31.1 Å². The molecule has 0 aliphatic carbocycles. The summed E-state index contributed by atoms with van der Waals surface area (Å²) in [7, 11) is 1.99. The normalized spacial score (nSPS) is 19.6. The maximum Gasteiger partial charge on any atom is 0.325 e. The molecule has 1 saturated heterocycles. The van der Waals surface area contributed by atoms with Crippen LogP contribution in [0.4, 0.5) is 4.79 Å². The molecule has 0 aromatic heterocycles. The molecule has 0 bridgehead atoms. The number of carbonyl (C=O) groups excluding carboxylic acids is 2. The lowest BCUT2D eigenvalue weighted by Crippen LogP contribution is -2.43. The van der Waals surface area contributed by atoms with Crippen LogP contribution in [0, 0.1) is 0 Å². The summed E-state index contributed by atoms with van der Waals surface area (Å²) >= 11 is 0. The Morgan fingerprint density at radius 1 is 0.955 bits per heavy atom. The molecule has 5 atom stereocenters. The lowest BCUT2D eigenvalue weighted by atomic mass is 9.98. The van der Waals surface area contributed by atoms with Crippen molar-refractivity contribution in [3.8, 4) is 0 Å². The Kier molecular flexibility index (Phi) is 12.3. The minimum Gasteiger partial charge on any atom is -0.465 e. The van der Waals surface area contributed by atoms with Crippen molar-refractivity contribution in [3.63, 3.8) is 0 Å². The van der Waals surface area contributed by atoms with E-state index >= 15 is 0 Å². The number of carbonyl (C=O) groups is 2. The molecule has 4 N–H and O–H groups in total. The molecular weight excluding hydrogens is 562 g/mol. The van der Waals surface area contributed by atoms with Gasteiger partial charge in [-0.2, -0.15) is 0 Å². The maximum atomic E-state index is 12.0. The molecule has 1 aliphatic rings.